The second kappa shape index (κ2) is 72.0. The Bertz CT molecular complexity index is 4750. The molecule has 1 aliphatic heterocycles. The van der Waals surface area contributed by atoms with Gasteiger partial charge in [0.1, 0.15) is 90.3 Å². The summed E-state index contributed by atoms with van der Waals surface area (Å²) in [6.07, 6.45) is 18.6. The molecule has 3 aromatic rings. The Morgan fingerprint density at radius 3 is 1.35 bits per heavy atom. The highest BCUT2D eigenvalue weighted by Gasteiger charge is 2.41. The number of carbonyl (C=O) groups is 19. The molecule has 1 fully saturated rings. The van der Waals surface area contributed by atoms with E-state index in [9.17, 15) is 106 Å². The number of aromatic amines is 1. The number of aliphatic hydroxyl groups excluding tert-OH is 2. The van der Waals surface area contributed by atoms with E-state index in [4.69, 9.17) is 28.7 Å². The van der Waals surface area contributed by atoms with Crippen LogP contribution in [0.4, 0.5) is 0 Å². The third-order valence-electron chi connectivity index (χ3n) is 25.7. The van der Waals surface area contributed by atoms with E-state index in [2.05, 4.69) is 102 Å². The molecule has 2 aromatic carbocycles. The Morgan fingerprint density at radius 2 is 0.840 bits per heavy atom. The lowest BCUT2D eigenvalue weighted by Crippen LogP contribution is -2.62. The van der Waals surface area contributed by atoms with Gasteiger partial charge in [-0.25, -0.2) is 0 Å². The first-order valence-corrected chi connectivity index (χ1v) is 53.5. The summed E-state index contributed by atoms with van der Waals surface area (Å²) in [6, 6.07) is -7.41. The van der Waals surface area contributed by atoms with Crippen LogP contribution in [-0.2, 0) is 104 Å². The summed E-state index contributed by atoms with van der Waals surface area (Å²) in [7, 11) is 1.52. The molecular formula is C104H174N24O22. The normalized spacial score (nSPS) is 15.2. The smallest absolute Gasteiger partial charge is 0.245 e. The second-order valence-corrected chi connectivity index (χ2v) is 40.2. The molecule has 4 rings (SSSR count). The van der Waals surface area contributed by atoms with Crippen molar-refractivity contribution in [3.8, 4) is 5.75 Å². The van der Waals surface area contributed by atoms with Crippen LogP contribution in [0.3, 0.4) is 0 Å². The van der Waals surface area contributed by atoms with Crippen molar-refractivity contribution in [1.82, 2.24) is 100 Å². The van der Waals surface area contributed by atoms with Crippen LogP contribution in [-0.4, -0.2) is 294 Å². The lowest BCUT2D eigenvalue weighted by molar-refractivity contribution is -0.140. The number of amides is 19. The molecule has 0 unspecified atom stereocenters. The first-order valence-electron chi connectivity index (χ1n) is 53.5. The minimum atomic E-state index is -1.90. The second-order valence-electron chi connectivity index (χ2n) is 40.2. The van der Waals surface area contributed by atoms with E-state index in [0.717, 1.165) is 36.6 Å². The van der Waals surface area contributed by atoms with Gasteiger partial charge >= 0.3 is 0 Å². The number of phenols is 1. The zero-order valence-electron chi connectivity index (χ0n) is 89.4. The van der Waals surface area contributed by atoms with E-state index in [1.165, 1.54) is 108 Å². The Balaban J connectivity index is 1.43. The van der Waals surface area contributed by atoms with Gasteiger partial charge in [-0.1, -0.05) is 156 Å². The van der Waals surface area contributed by atoms with Gasteiger partial charge in [-0.05, 0) is 203 Å². The maximum absolute atomic E-state index is 14.7. The number of hydrogen-bond donors (Lipinski definition) is 26. The molecule has 150 heavy (non-hydrogen) atoms. The number of fused-ring (bicyclic) bond motifs is 1. The summed E-state index contributed by atoms with van der Waals surface area (Å²) in [6.45, 7) is 13.4. The van der Waals surface area contributed by atoms with Crippen LogP contribution >= 0.6 is 0 Å². The molecule has 0 bridgehead atoms. The third kappa shape index (κ3) is 50.4. The number of phenolic OH excluding ortho intramolecular Hbond substituents is 1. The molecule has 0 aliphatic carbocycles. The fourth-order valence-corrected chi connectivity index (χ4v) is 17.4. The Labute approximate surface area is 880 Å². The van der Waals surface area contributed by atoms with Crippen LogP contribution in [0.2, 0.25) is 0 Å². The molecule has 1 aliphatic rings. The van der Waals surface area contributed by atoms with Crippen molar-refractivity contribution in [2.45, 2.75) is 371 Å². The molecular weight excluding hydrogens is 1940 g/mol. The number of likely N-dealkylation sites (N-methyl/N-ethyl adjacent to an activating group) is 1. The molecule has 0 saturated carbocycles. The van der Waals surface area contributed by atoms with Crippen LogP contribution in [0.15, 0.2) is 54.7 Å². The number of benzene rings is 2. The lowest BCUT2D eigenvalue weighted by atomic mass is 9.99. The molecule has 31 N–H and O–H groups in total. The summed E-state index contributed by atoms with van der Waals surface area (Å²) >= 11 is 0. The summed E-state index contributed by atoms with van der Waals surface area (Å²) in [5.41, 5.74) is 30.6. The fourth-order valence-electron chi connectivity index (χ4n) is 17.4. The highest BCUT2D eigenvalue weighted by Crippen LogP contribution is 2.24. The van der Waals surface area contributed by atoms with E-state index in [1.54, 1.807) is 65.9 Å². The molecule has 1 saturated heterocycles. The van der Waals surface area contributed by atoms with Crippen molar-refractivity contribution < 1.29 is 106 Å². The van der Waals surface area contributed by atoms with Crippen LogP contribution in [0.5, 0.6) is 5.75 Å². The Hall–Kier alpha value is -12.5. The van der Waals surface area contributed by atoms with Crippen molar-refractivity contribution in [3.05, 3.63) is 65.9 Å². The number of likely N-dealkylation sites (tertiary alicyclic amines) is 1. The van der Waals surface area contributed by atoms with Gasteiger partial charge in [-0.15, -0.1) is 0 Å². The topological polar surface area (TPSA) is 739 Å². The molecule has 46 heteroatoms. The summed E-state index contributed by atoms with van der Waals surface area (Å²) in [5, 5.41) is 76.3. The molecule has 15 atom stereocenters. The van der Waals surface area contributed by atoms with Crippen molar-refractivity contribution in [1.29, 1.82) is 0 Å². The monoisotopic (exact) mass is 2110 g/mol. The van der Waals surface area contributed by atoms with E-state index >= 15 is 0 Å². The Morgan fingerprint density at radius 1 is 0.413 bits per heavy atom. The van der Waals surface area contributed by atoms with Crippen molar-refractivity contribution in [2.75, 3.05) is 66.0 Å². The number of hydrogen-bond acceptors (Lipinski definition) is 26. The SMILES string of the molecule is CCCCCCCCCCCCCCCC(=O)NCCCC[C@H](NC(=O)[C@H](CCCCN)NC(=O)[C@H](CCCCN)NC(=O)[C@@H]1CCCN1C(=O)CNC(=O)[C@H](CC(C)C)NC(=O)[C@H](CC(C)C)NC(=O)[C@H](Cc1ccc(O)cc1)NC(=O)CNC(=O)[C@H](C)NC(=O)[C@H](CO)NC(=O)[C@H](CC(N)=O)NC(=O)[C@H](CC(C)C)NC(=O)[C@@H](NC(=O)[C@H](Cc1c[nH]c2ccccc12)NC(=O)CNC)[C@@H](C)O)C(=O)N[C@@H](CCCCN)C(N)=O. The number of para-hydroxylation sites is 1. The van der Waals surface area contributed by atoms with Crippen molar-refractivity contribution >= 4 is 123 Å². The van der Waals surface area contributed by atoms with Gasteiger partial charge in [0.2, 0.25) is 112 Å². The van der Waals surface area contributed by atoms with Gasteiger partial charge in [0.25, 0.3) is 0 Å². The molecule has 0 spiro atoms. The number of primary amides is 2. The molecule has 1 aromatic heterocycles. The number of unbranched alkanes of at least 4 members (excludes halogenated alkanes) is 16. The molecule has 46 nitrogen and oxygen atoms in total. The number of aromatic nitrogens is 1. The lowest BCUT2D eigenvalue weighted by Gasteiger charge is -2.29. The number of carbonyl (C=O) groups excluding carboxylic acids is 19. The van der Waals surface area contributed by atoms with Gasteiger partial charge in [-0.2, -0.15) is 0 Å². The van der Waals surface area contributed by atoms with Gasteiger partial charge in [0.15, 0.2) is 0 Å². The summed E-state index contributed by atoms with van der Waals surface area (Å²) in [5.74, 6) is -17.3. The number of aliphatic hydroxyl groups is 2. The fraction of sp³-hybridized carbons (Fsp3) is 0.683. The number of aromatic hydroxyl groups is 1. The van der Waals surface area contributed by atoms with Crippen LogP contribution in [0.25, 0.3) is 10.9 Å². The van der Waals surface area contributed by atoms with E-state index in [0.29, 0.717) is 88.4 Å². The number of rotatable bonds is 78. The van der Waals surface area contributed by atoms with Crippen LogP contribution in [0, 0.1) is 17.8 Å². The molecule has 2 heterocycles. The van der Waals surface area contributed by atoms with E-state index in [-0.39, 0.29) is 120 Å². The summed E-state index contributed by atoms with van der Waals surface area (Å²) < 4.78 is 0. The predicted octanol–water partition coefficient (Wildman–Crippen LogP) is -0.549. The Kier molecular flexibility index (Phi) is 62.3. The third-order valence-corrected chi connectivity index (χ3v) is 25.7. The molecule has 0 radical (unpaired) electrons. The van der Waals surface area contributed by atoms with E-state index in [1.807, 2.05) is 6.07 Å². The zero-order valence-corrected chi connectivity index (χ0v) is 89.4. The first kappa shape index (κ1) is 130. The first-order chi connectivity index (χ1) is 71.5. The van der Waals surface area contributed by atoms with Gasteiger partial charge in [-0.3, -0.25) is 91.1 Å². The molecule has 19 amide bonds. The zero-order chi connectivity index (χ0) is 111. The minimum Gasteiger partial charge on any atom is -0.508 e. The average molecular weight is 2110 g/mol. The maximum Gasteiger partial charge on any atom is 0.245 e. The average Bonchev–Trinajstić information content (AvgIpc) is 1.69. The highest BCUT2D eigenvalue weighted by molar-refractivity contribution is 6.02. The number of nitrogens with zero attached hydrogens (tertiary/aromatic N) is 1. The maximum atomic E-state index is 14.7. The van der Waals surface area contributed by atoms with E-state index < -0.39 is 223 Å². The molecule has 842 valence electrons. The predicted molar refractivity (Wildman–Crippen MR) is 565 cm³/mol. The number of nitrogens with one attached hydrogen (secondary N) is 18. The summed E-state index contributed by atoms with van der Waals surface area (Å²) in [4.78, 5) is 269. The van der Waals surface area contributed by atoms with Gasteiger partial charge in [0.05, 0.1) is 38.8 Å². The minimum absolute atomic E-state index is 0.00788. The quantitative estimate of drug-likeness (QED) is 0.0315. The highest BCUT2D eigenvalue weighted by atomic mass is 16.3. The van der Waals surface area contributed by atoms with Gasteiger partial charge in [0, 0.05) is 49.5 Å². The van der Waals surface area contributed by atoms with Crippen molar-refractivity contribution in [3.63, 3.8) is 0 Å². The largest absolute Gasteiger partial charge is 0.508 e. The standard InChI is InChI=1S/C104H174N24O22/c1-11-12-13-14-15-16-17-18-19-20-21-22-23-42-86(133)111-50-33-29-40-75(94(140)118-73(91(109)137)37-26-30-47-105)120-95(141)74(38-27-31-48-106)119-96(142)76(39-28-32-49-107)121-103(149)84-41-34-51-128(84)89(136)61-114-93(139)77(52-63(2)3)122-97(143)78(53-64(4)5)123-99(145)80(55-68-43-45-70(131)46-44-68)116-88(135)60-113-92(138)66(8)115-102(148)83(62-129)126-100(146)82(57-85(108)132)124-98(144)79(54-65(6)7)125-104(150)90(67(9)130)127-101(147)81(117-87(134)59-110-10)56-69-58-112-72-36-25-24-35-71(69)72/h24-25,35-36,43-46,58,63-67,73-84,90,110,112,129-131H,11-23,26-34,37-42,47-57,59-62,105-107H2,1-10H3,(H2,108,132)(H2,109,137)(H,111,133)(H,113,138)(H,114,139)(H,115,148)(H,116,135)(H,117,134)(H,118,140)(H,119,142)(H,120,141)(H,121,149)(H,122,143)(H,123,145)(H,124,144)(H,125,150)(H,126,146)(H,127,147)/t66-,67+,73-,74-,75-,76-,77-,78-,79-,80-,81-,82-,83-,84-,90-/m0/s1. The number of nitrogens with two attached hydrogens (primary N) is 5. The van der Waals surface area contributed by atoms with Crippen LogP contribution < -0.4 is 119 Å². The van der Waals surface area contributed by atoms with Crippen molar-refractivity contribution in [2.24, 2.45) is 46.4 Å². The van der Waals surface area contributed by atoms with Crippen LogP contribution in [0.1, 0.15) is 279 Å². The number of H-pyrrole nitrogens is 1. The van der Waals surface area contributed by atoms with Gasteiger partial charge < -0.3 is 144 Å².